The van der Waals surface area contributed by atoms with Gasteiger partial charge in [-0.05, 0) is 94.4 Å². The first-order valence-electron chi connectivity index (χ1n) is 12.7. The maximum Gasteiger partial charge on any atom is 0.167 e. The molecule has 1 unspecified atom stereocenters. The first-order valence-corrected chi connectivity index (χ1v) is 12.7. The highest BCUT2D eigenvalue weighted by molar-refractivity contribution is 5.59. The number of imidazole rings is 1. The number of aliphatic hydroxyl groups is 1. The predicted octanol–water partition coefficient (Wildman–Crippen LogP) is 4.76. The maximum atomic E-state index is 9.84. The number of piperidine rings is 1. The van der Waals surface area contributed by atoms with Crippen LogP contribution in [0.4, 0.5) is 0 Å². The molecule has 0 radical (unpaired) electrons. The molecule has 7 heteroatoms. The van der Waals surface area contributed by atoms with E-state index in [0.29, 0.717) is 24.0 Å². The number of nitrogens with zero attached hydrogens (tertiary/aromatic N) is 4. The van der Waals surface area contributed by atoms with Crippen LogP contribution >= 0.6 is 0 Å². The average Bonchev–Trinajstić information content (AvgIpc) is 3.58. The second-order valence-electron chi connectivity index (χ2n) is 9.68. The molecule has 0 amide bonds. The molecule has 1 aliphatic heterocycles. The van der Waals surface area contributed by atoms with Crippen LogP contribution in [0.3, 0.4) is 0 Å². The highest BCUT2D eigenvalue weighted by Gasteiger charge is 2.17. The van der Waals surface area contributed by atoms with Crippen LogP contribution in [-0.2, 0) is 6.54 Å². The Hall–Kier alpha value is -3.86. The predicted molar refractivity (Wildman–Crippen MR) is 142 cm³/mol. The van der Waals surface area contributed by atoms with Crippen LogP contribution in [0.1, 0.15) is 48.5 Å². The van der Waals surface area contributed by atoms with Crippen molar-refractivity contribution in [1.29, 1.82) is 0 Å². The molecule has 5 rings (SSSR count). The van der Waals surface area contributed by atoms with Gasteiger partial charge in [-0.3, -0.25) is 0 Å². The largest absolute Gasteiger partial charge is 0.493 e. The quantitative estimate of drug-likeness (QED) is 0.372. The highest BCUT2D eigenvalue weighted by atomic mass is 16.5. The minimum Gasteiger partial charge on any atom is -0.493 e. The highest BCUT2D eigenvalue weighted by Crippen LogP contribution is 2.22. The van der Waals surface area contributed by atoms with Crippen molar-refractivity contribution in [2.45, 2.75) is 32.4 Å². The molecule has 4 aromatic rings. The van der Waals surface area contributed by atoms with Crippen LogP contribution in [0.25, 0.3) is 11.3 Å². The number of hydrogen-bond donors (Lipinski definition) is 1. The molecule has 0 bridgehead atoms. The molecule has 37 heavy (non-hydrogen) atoms. The summed E-state index contributed by atoms with van der Waals surface area (Å²) in [7, 11) is 2.18. The van der Waals surface area contributed by atoms with Gasteiger partial charge in [0.2, 0.25) is 0 Å². The van der Waals surface area contributed by atoms with Gasteiger partial charge in [-0.2, -0.15) is 0 Å². The first kappa shape index (κ1) is 24.8. The Morgan fingerprint density at radius 1 is 1.05 bits per heavy atom. The summed E-state index contributed by atoms with van der Waals surface area (Å²) in [6.45, 7) is 5.26. The van der Waals surface area contributed by atoms with E-state index in [9.17, 15) is 5.11 Å². The SMILES string of the molecule is CC(O)c1nccn1Cc1cc(-c2ccc(C#Cc3ccc(OCC4CCN(C)CC4)cc3)cc2)on1. The van der Waals surface area contributed by atoms with Crippen LogP contribution in [0.5, 0.6) is 5.75 Å². The van der Waals surface area contributed by atoms with E-state index >= 15 is 0 Å². The monoisotopic (exact) mass is 496 g/mol. The summed E-state index contributed by atoms with van der Waals surface area (Å²) in [5.41, 5.74) is 3.56. The van der Waals surface area contributed by atoms with Gasteiger partial charge in [0.15, 0.2) is 5.76 Å². The standard InChI is InChI=1S/C30H32N4O3/c1-22(35)30-31-15-18-34(30)20-27-19-29(37-32-27)26-9-5-23(6-10-26)3-4-24-7-11-28(12-8-24)36-21-25-13-16-33(2)17-14-25/h5-12,15,18-19,22,25,35H,13-14,16-17,20-21H2,1-2H3. The van der Waals surface area contributed by atoms with Gasteiger partial charge in [-0.1, -0.05) is 17.0 Å². The van der Waals surface area contributed by atoms with Crippen LogP contribution in [-0.4, -0.2) is 51.5 Å². The normalized spacial score (nSPS) is 15.2. The van der Waals surface area contributed by atoms with Gasteiger partial charge in [0.05, 0.1) is 13.2 Å². The third-order valence-electron chi connectivity index (χ3n) is 6.71. The number of aliphatic hydroxyl groups excluding tert-OH is 1. The maximum absolute atomic E-state index is 9.84. The van der Waals surface area contributed by atoms with E-state index in [-0.39, 0.29) is 0 Å². The number of benzene rings is 2. The Labute approximate surface area is 217 Å². The molecule has 3 heterocycles. The van der Waals surface area contributed by atoms with E-state index in [1.807, 2.05) is 65.4 Å². The molecule has 1 saturated heterocycles. The van der Waals surface area contributed by atoms with E-state index in [1.165, 1.54) is 12.8 Å². The third kappa shape index (κ3) is 6.48. The van der Waals surface area contributed by atoms with E-state index in [1.54, 1.807) is 13.1 Å². The van der Waals surface area contributed by atoms with Crippen molar-refractivity contribution in [3.63, 3.8) is 0 Å². The molecule has 1 aliphatic rings. The number of aromatic nitrogens is 3. The fourth-order valence-corrected chi connectivity index (χ4v) is 4.46. The van der Waals surface area contributed by atoms with Gasteiger partial charge in [0.25, 0.3) is 0 Å². The molecular weight excluding hydrogens is 464 g/mol. The van der Waals surface area contributed by atoms with E-state index in [0.717, 1.165) is 47.8 Å². The van der Waals surface area contributed by atoms with Crippen molar-refractivity contribution in [3.05, 3.63) is 89.6 Å². The lowest BCUT2D eigenvalue weighted by molar-refractivity contribution is 0.160. The average molecular weight is 497 g/mol. The lowest BCUT2D eigenvalue weighted by Gasteiger charge is -2.28. The molecule has 1 fully saturated rings. The molecule has 1 atom stereocenters. The molecule has 1 N–H and O–H groups in total. The van der Waals surface area contributed by atoms with Gasteiger partial charge in [-0.15, -0.1) is 0 Å². The van der Waals surface area contributed by atoms with Gasteiger partial charge in [-0.25, -0.2) is 4.98 Å². The van der Waals surface area contributed by atoms with Gasteiger partial charge in [0.1, 0.15) is 23.4 Å². The second-order valence-corrected chi connectivity index (χ2v) is 9.68. The Kier molecular flexibility index (Phi) is 7.69. The third-order valence-corrected chi connectivity index (χ3v) is 6.71. The molecular formula is C30H32N4O3. The Balaban J connectivity index is 1.16. The molecule has 2 aromatic carbocycles. The number of likely N-dealkylation sites (tertiary alicyclic amines) is 1. The number of hydrogen-bond acceptors (Lipinski definition) is 6. The van der Waals surface area contributed by atoms with Crippen molar-refractivity contribution >= 4 is 0 Å². The molecule has 7 nitrogen and oxygen atoms in total. The minimum atomic E-state index is -0.643. The van der Waals surface area contributed by atoms with Crippen LogP contribution < -0.4 is 4.74 Å². The topological polar surface area (TPSA) is 76.6 Å². The molecule has 2 aromatic heterocycles. The van der Waals surface area contributed by atoms with Gasteiger partial charge >= 0.3 is 0 Å². The fourth-order valence-electron chi connectivity index (χ4n) is 4.46. The lowest BCUT2D eigenvalue weighted by atomic mass is 9.98. The molecule has 190 valence electrons. The smallest absolute Gasteiger partial charge is 0.167 e. The molecule has 0 spiro atoms. The zero-order valence-corrected chi connectivity index (χ0v) is 21.3. The molecule has 0 saturated carbocycles. The first-order chi connectivity index (χ1) is 18.0. The van der Waals surface area contributed by atoms with Crippen LogP contribution in [0.15, 0.2) is 71.5 Å². The Morgan fingerprint density at radius 2 is 1.73 bits per heavy atom. The zero-order chi connectivity index (χ0) is 25.6. The zero-order valence-electron chi connectivity index (χ0n) is 21.3. The van der Waals surface area contributed by atoms with E-state index in [2.05, 4.69) is 33.9 Å². The summed E-state index contributed by atoms with van der Waals surface area (Å²) >= 11 is 0. The van der Waals surface area contributed by atoms with E-state index in [4.69, 9.17) is 9.26 Å². The summed E-state index contributed by atoms with van der Waals surface area (Å²) < 4.78 is 13.4. The fraction of sp³-hybridized carbons (Fsp3) is 0.333. The summed E-state index contributed by atoms with van der Waals surface area (Å²) in [6.07, 6.45) is 5.25. The van der Waals surface area contributed by atoms with Gasteiger partial charge in [0, 0.05) is 35.2 Å². The number of rotatable bonds is 7. The van der Waals surface area contributed by atoms with Crippen molar-refractivity contribution in [2.24, 2.45) is 5.92 Å². The Morgan fingerprint density at radius 3 is 2.41 bits per heavy atom. The second kappa shape index (κ2) is 11.5. The summed E-state index contributed by atoms with van der Waals surface area (Å²) in [4.78, 5) is 6.57. The van der Waals surface area contributed by atoms with Crippen molar-refractivity contribution < 1.29 is 14.4 Å². The van der Waals surface area contributed by atoms with Crippen molar-refractivity contribution in [2.75, 3.05) is 26.7 Å². The lowest BCUT2D eigenvalue weighted by Crippen LogP contribution is -2.32. The number of ether oxygens (including phenoxy) is 1. The summed E-state index contributed by atoms with van der Waals surface area (Å²) in [6, 6.07) is 17.8. The van der Waals surface area contributed by atoms with Crippen molar-refractivity contribution in [1.82, 2.24) is 19.6 Å². The van der Waals surface area contributed by atoms with Crippen LogP contribution in [0.2, 0.25) is 0 Å². The molecule has 0 aliphatic carbocycles. The van der Waals surface area contributed by atoms with Gasteiger partial charge < -0.3 is 23.8 Å². The summed E-state index contributed by atoms with van der Waals surface area (Å²) in [5.74, 6) is 9.27. The van der Waals surface area contributed by atoms with Crippen LogP contribution in [0, 0.1) is 17.8 Å². The summed E-state index contributed by atoms with van der Waals surface area (Å²) in [5, 5.41) is 14.0. The minimum absolute atomic E-state index is 0.481. The van der Waals surface area contributed by atoms with Crippen molar-refractivity contribution in [3.8, 4) is 28.9 Å². The van der Waals surface area contributed by atoms with E-state index < -0.39 is 6.10 Å². The Bertz CT molecular complexity index is 1350.